The van der Waals surface area contributed by atoms with Gasteiger partial charge >= 0.3 is 0 Å². The van der Waals surface area contributed by atoms with Gasteiger partial charge in [0.15, 0.2) is 23.7 Å². The molecule has 4 heterocycles. The molecule has 0 saturated carbocycles. The first-order chi connectivity index (χ1) is 24.3. The van der Waals surface area contributed by atoms with Gasteiger partial charge in [-0.3, -0.25) is 4.98 Å². The molecule has 5 nitrogen and oxygen atoms in total. The number of aromatic nitrogens is 1. The minimum absolute atomic E-state index is 0.00114. The lowest BCUT2D eigenvalue weighted by atomic mass is 9.91. The molecule has 7 aromatic rings. The molecule has 3 unspecified atom stereocenters. The summed E-state index contributed by atoms with van der Waals surface area (Å²) in [7, 11) is 0. The van der Waals surface area contributed by atoms with Crippen LogP contribution in [0.2, 0.25) is 0 Å². The van der Waals surface area contributed by atoms with Crippen LogP contribution in [0.4, 0.5) is 0 Å². The summed E-state index contributed by atoms with van der Waals surface area (Å²) in [5, 5.41) is 13.5. The van der Waals surface area contributed by atoms with Crippen molar-refractivity contribution in [2.24, 2.45) is 0 Å². The predicted octanol–water partition coefficient (Wildman–Crippen LogP) is 9.84. The Kier molecular flexibility index (Phi) is 6.52. The predicted molar refractivity (Wildman–Crippen MR) is 196 cm³/mol. The molecular weight excluding hydrogens is 604 g/mol. The van der Waals surface area contributed by atoms with Crippen molar-refractivity contribution in [3.63, 3.8) is 0 Å². The second kappa shape index (κ2) is 11.4. The number of hydrogen-bond acceptors (Lipinski definition) is 5. The highest BCUT2D eigenvalue weighted by molar-refractivity contribution is 6.12. The summed E-state index contributed by atoms with van der Waals surface area (Å²) < 4.78 is 19.2. The van der Waals surface area contributed by atoms with Gasteiger partial charge in [-0.2, -0.15) is 0 Å². The Labute approximate surface area is 283 Å². The Morgan fingerprint density at radius 3 is 1.84 bits per heavy atom. The van der Waals surface area contributed by atoms with Crippen molar-refractivity contribution >= 4 is 43.1 Å². The van der Waals surface area contributed by atoms with Gasteiger partial charge in [0, 0.05) is 23.5 Å². The summed E-state index contributed by atoms with van der Waals surface area (Å²) in [5.41, 5.74) is 5.26. The number of fused-ring (bicyclic) bond motifs is 5. The zero-order valence-corrected chi connectivity index (χ0v) is 26.7. The highest BCUT2D eigenvalue weighted by Gasteiger charge is 2.44. The zero-order chi connectivity index (χ0) is 32.3. The second-order valence-electron chi connectivity index (χ2n) is 12.9. The van der Waals surface area contributed by atoms with E-state index in [2.05, 4.69) is 139 Å². The lowest BCUT2D eigenvalue weighted by Gasteiger charge is -2.25. The molecule has 1 saturated heterocycles. The van der Waals surface area contributed by atoms with Crippen LogP contribution in [0.3, 0.4) is 0 Å². The van der Waals surface area contributed by atoms with E-state index in [0.29, 0.717) is 19.0 Å². The van der Waals surface area contributed by atoms with E-state index in [1.807, 2.05) is 12.4 Å². The Balaban J connectivity index is 0.972. The third kappa shape index (κ3) is 4.61. The average Bonchev–Trinajstić information content (AvgIpc) is 3.56. The molecule has 0 amide bonds. The molecular formula is C44H32N2O3. The Bertz CT molecular complexity index is 2420. The minimum Gasteiger partial charge on any atom is -0.489 e. The van der Waals surface area contributed by atoms with Gasteiger partial charge in [-0.05, 0) is 72.4 Å². The van der Waals surface area contributed by atoms with Crippen LogP contribution in [0.25, 0.3) is 54.2 Å². The molecule has 6 aromatic carbocycles. The maximum absolute atomic E-state index is 6.71. The van der Waals surface area contributed by atoms with E-state index in [1.165, 1.54) is 54.2 Å². The molecule has 3 atom stereocenters. The third-order valence-electron chi connectivity index (χ3n) is 10.1. The van der Waals surface area contributed by atoms with Crippen LogP contribution in [-0.4, -0.2) is 24.3 Å². The number of benzene rings is 6. The Hall–Kier alpha value is -5.91. The molecule has 0 aliphatic carbocycles. The van der Waals surface area contributed by atoms with Crippen molar-refractivity contribution in [1.29, 1.82) is 0 Å². The SMILES string of the molecule is C1=CC(c2c3ccccc3cc3ccccc23)NC=C1C1=C2OCCOC2C(c2ccc(-c3c4ccccc4cc4ccccc34)cn2)O1. The third-order valence-corrected chi connectivity index (χ3v) is 10.1. The first-order valence-corrected chi connectivity index (χ1v) is 16.9. The molecule has 1 fully saturated rings. The zero-order valence-electron chi connectivity index (χ0n) is 26.7. The highest BCUT2D eigenvalue weighted by Crippen LogP contribution is 2.45. The maximum atomic E-state index is 6.71. The molecule has 0 bridgehead atoms. The normalized spacial score (nSPS) is 20.2. The van der Waals surface area contributed by atoms with Crippen LogP contribution >= 0.6 is 0 Å². The van der Waals surface area contributed by atoms with Gasteiger partial charge in [-0.15, -0.1) is 0 Å². The van der Waals surface area contributed by atoms with Crippen molar-refractivity contribution < 1.29 is 14.2 Å². The number of nitrogens with one attached hydrogen (secondary N) is 1. The summed E-state index contributed by atoms with van der Waals surface area (Å²) in [6.07, 6.45) is 7.58. The van der Waals surface area contributed by atoms with Gasteiger partial charge in [0.2, 0.25) is 0 Å². The van der Waals surface area contributed by atoms with Gasteiger partial charge in [0.1, 0.15) is 6.61 Å². The monoisotopic (exact) mass is 636 g/mol. The number of allylic oxidation sites excluding steroid dienone is 1. The topological polar surface area (TPSA) is 52.6 Å². The van der Waals surface area contributed by atoms with Crippen molar-refractivity contribution in [3.8, 4) is 11.1 Å². The number of dihydropyridines is 1. The standard InChI is InChI=1S/C44H32N2O3/c1-5-13-33-27(9-1)23-28-10-2-6-14-34(28)39(33)31-17-20-38(46-25-31)42-44-43(47-21-22-48-44)41(49-42)32-18-19-37(45-26-32)40-35-15-7-3-11-29(35)24-30-12-4-8-16-36(30)40/h1-20,23-26,37,42,44-45H,21-22H2. The van der Waals surface area contributed by atoms with Gasteiger partial charge in [0.25, 0.3) is 0 Å². The fraction of sp³-hybridized carbons (Fsp3) is 0.114. The second-order valence-corrected chi connectivity index (χ2v) is 12.9. The molecule has 236 valence electrons. The quantitative estimate of drug-likeness (QED) is 0.195. The maximum Gasteiger partial charge on any atom is 0.174 e. The van der Waals surface area contributed by atoms with Crippen LogP contribution in [-0.2, 0) is 14.2 Å². The number of hydrogen-bond donors (Lipinski definition) is 1. The summed E-state index contributed by atoms with van der Waals surface area (Å²) in [6.45, 7) is 0.992. The van der Waals surface area contributed by atoms with Gasteiger partial charge < -0.3 is 19.5 Å². The van der Waals surface area contributed by atoms with E-state index in [-0.39, 0.29) is 12.1 Å². The van der Waals surface area contributed by atoms with E-state index >= 15 is 0 Å². The highest BCUT2D eigenvalue weighted by atomic mass is 16.6. The number of nitrogens with zero attached hydrogens (tertiary/aromatic N) is 1. The molecule has 0 radical (unpaired) electrons. The smallest absolute Gasteiger partial charge is 0.174 e. The molecule has 49 heavy (non-hydrogen) atoms. The molecule has 0 spiro atoms. The number of rotatable bonds is 4. The van der Waals surface area contributed by atoms with Crippen molar-refractivity contribution in [1.82, 2.24) is 10.3 Å². The molecule has 10 rings (SSSR count). The number of pyridine rings is 1. The van der Waals surface area contributed by atoms with Crippen LogP contribution in [0, 0.1) is 0 Å². The lowest BCUT2D eigenvalue weighted by molar-refractivity contribution is -0.0717. The lowest BCUT2D eigenvalue weighted by Crippen LogP contribution is -2.29. The van der Waals surface area contributed by atoms with Gasteiger partial charge in [-0.25, -0.2) is 0 Å². The molecule has 3 aliphatic rings. The fourth-order valence-electron chi connectivity index (χ4n) is 7.81. The van der Waals surface area contributed by atoms with E-state index < -0.39 is 6.10 Å². The first kappa shape index (κ1) is 28.1. The summed E-state index contributed by atoms with van der Waals surface area (Å²) >= 11 is 0. The molecule has 3 aliphatic heterocycles. The molecule has 1 aromatic heterocycles. The molecule has 1 N–H and O–H groups in total. The summed E-state index contributed by atoms with van der Waals surface area (Å²) in [5.74, 6) is 1.43. The van der Waals surface area contributed by atoms with E-state index in [1.54, 1.807) is 0 Å². The van der Waals surface area contributed by atoms with Crippen molar-refractivity contribution in [2.75, 3.05) is 13.2 Å². The fourth-order valence-corrected chi connectivity index (χ4v) is 7.81. The minimum atomic E-state index is -0.419. The van der Waals surface area contributed by atoms with Crippen LogP contribution < -0.4 is 5.32 Å². The summed E-state index contributed by atoms with van der Waals surface area (Å²) in [6, 6.07) is 43.0. The van der Waals surface area contributed by atoms with Crippen LogP contribution in [0.15, 0.2) is 163 Å². The van der Waals surface area contributed by atoms with E-state index in [9.17, 15) is 0 Å². The largest absolute Gasteiger partial charge is 0.489 e. The Morgan fingerprint density at radius 2 is 1.24 bits per heavy atom. The van der Waals surface area contributed by atoms with Crippen molar-refractivity contribution in [2.45, 2.75) is 18.2 Å². The number of ether oxygens (including phenoxy) is 3. The van der Waals surface area contributed by atoms with E-state index in [0.717, 1.165) is 22.6 Å². The Morgan fingerprint density at radius 1 is 0.633 bits per heavy atom. The van der Waals surface area contributed by atoms with Crippen LogP contribution in [0.5, 0.6) is 0 Å². The summed E-state index contributed by atoms with van der Waals surface area (Å²) in [4.78, 5) is 4.99. The molecule has 5 heteroatoms. The van der Waals surface area contributed by atoms with E-state index in [4.69, 9.17) is 19.2 Å². The van der Waals surface area contributed by atoms with Gasteiger partial charge in [-0.1, -0.05) is 115 Å². The first-order valence-electron chi connectivity index (χ1n) is 16.9. The van der Waals surface area contributed by atoms with Crippen molar-refractivity contribution in [3.05, 3.63) is 174 Å². The van der Waals surface area contributed by atoms with Gasteiger partial charge in [0.05, 0.1) is 18.3 Å². The average molecular weight is 637 g/mol. The van der Waals surface area contributed by atoms with Crippen LogP contribution in [0.1, 0.15) is 23.4 Å².